The first-order chi connectivity index (χ1) is 16.6. The molecule has 2 amide bonds. The van der Waals surface area contributed by atoms with E-state index in [1.807, 2.05) is 13.8 Å². The van der Waals surface area contributed by atoms with Crippen LogP contribution in [0.3, 0.4) is 0 Å². The Balaban J connectivity index is 1.43. The molecule has 2 aliphatic rings. The van der Waals surface area contributed by atoms with Crippen LogP contribution in [0, 0.1) is 5.82 Å². The number of hydrogen-bond acceptors (Lipinski definition) is 6. The van der Waals surface area contributed by atoms with Gasteiger partial charge in [0.25, 0.3) is 11.8 Å². The van der Waals surface area contributed by atoms with E-state index in [1.165, 1.54) is 17.0 Å². The third-order valence-corrected chi connectivity index (χ3v) is 5.92. The van der Waals surface area contributed by atoms with E-state index in [2.05, 4.69) is 10.4 Å². The molecule has 9 nitrogen and oxygen atoms in total. The average molecular weight is 480 g/mol. The highest BCUT2D eigenvalue weighted by atomic mass is 19.1. The first-order valence-electron chi connectivity index (χ1n) is 11.2. The number of aryl methyl sites for hydroxylation is 1. The fourth-order valence-electron chi connectivity index (χ4n) is 4.18. The molecule has 0 bridgehead atoms. The first kappa shape index (κ1) is 22.9. The Morgan fingerprint density at radius 1 is 1.17 bits per heavy atom. The van der Waals surface area contributed by atoms with Crippen LogP contribution >= 0.6 is 0 Å². The number of β-amino-alcohol motifs (C(OH)–C–C–N with tert-alkyl or cyclic N) is 1. The molecule has 5 rings (SSSR count). The number of rotatable bonds is 5. The third-order valence-electron chi connectivity index (χ3n) is 5.92. The molecular weight excluding hydrogens is 455 g/mol. The Bertz CT molecular complexity index is 1330. The van der Waals surface area contributed by atoms with Gasteiger partial charge >= 0.3 is 0 Å². The van der Waals surface area contributed by atoms with Crippen molar-refractivity contribution in [3.8, 4) is 17.2 Å². The van der Waals surface area contributed by atoms with Crippen LogP contribution in [0.5, 0.6) is 17.2 Å². The number of carbonyl (C=O) groups is 2. The third kappa shape index (κ3) is 4.57. The summed E-state index contributed by atoms with van der Waals surface area (Å²) in [6, 6.07) is 8.81. The van der Waals surface area contributed by atoms with Gasteiger partial charge in [0, 0.05) is 55.5 Å². The molecule has 0 saturated carbocycles. The molecule has 2 N–H and O–H groups in total. The number of aliphatic hydroxyl groups is 1. The maximum absolute atomic E-state index is 14.9. The molecule has 0 unspecified atom stereocenters. The summed E-state index contributed by atoms with van der Waals surface area (Å²) in [6.45, 7) is 4.29. The van der Waals surface area contributed by atoms with E-state index in [9.17, 15) is 19.1 Å². The Morgan fingerprint density at radius 2 is 1.94 bits per heavy atom. The maximum atomic E-state index is 14.9. The van der Waals surface area contributed by atoms with E-state index in [1.54, 1.807) is 36.1 Å². The number of benzene rings is 2. The quantitative estimate of drug-likeness (QED) is 0.581. The second-order valence-electron chi connectivity index (χ2n) is 9.43. The van der Waals surface area contributed by atoms with Gasteiger partial charge in [0.2, 0.25) is 0 Å². The van der Waals surface area contributed by atoms with E-state index in [0.29, 0.717) is 23.7 Å². The lowest BCUT2D eigenvalue weighted by Gasteiger charge is -2.35. The number of amides is 2. The Kier molecular flexibility index (Phi) is 5.47. The zero-order valence-corrected chi connectivity index (χ0v) is 19.5. The van der Waals surface area contributed by atoms with Gasteiger partial charge in [-0.05, 0) is 44.2 Å². The number of aromatic nitrogens is 2. The number of carbonyl (C=O) groups excluding carboxylic acids is 2. The smallest absolute Gasteiger partial charge is 0.257 e. The zero-order chi connectivity index (χ0) is 24.9. The number of hydrogen-bond donors (Lipinski definition) is 2. The molecule has 0 aliphatic carbocycles. The summed E-state index contributed by atoms with van der Waals surface area (Å²) in [5.74, 6) is -0.396. The number of ether oxygens (including phenoxy) is 2. The van der Waals surface area contributed by atoms with Crippen LogP contribution in [-0.4, -0.2) is 56.4 Å². The highest BCUT2D eigenvalue weighted by molar-refractivity contribution is 6.04. The maximum Gasteiger partial charge on any atom is 0.257 e. The van der Waals surface area contributed by atoms with Gasteiger partial charge in [-0.3, -0.25) is 14.3 Å². The molecule has 35 heavy (non-hydrogen) atoms. The predicted octanol–water partition coefficient (Wildman–Crippen LogP) is 3.13. The standard InChI is InChI=1S/C25H25FN4O5/c1-25(2)11-17-20(9-15(10-21(17)35-25)23(32)27-22-6-7-29(3)28-22)34-19-5-4-14(8-18(19)26)24(33)30-12-16(31)13-30/h4-10,16,31H,11-13H2,1-3H3,(H,27,28,32). The van der Waals surface area contributed by atoms with E-state index < -0.39 is 23.4 Å². The molecule has 0 spiro atoms. The molecule has 1 fully saturated rings. The second-order valence-corrected chi connectivity index (χ2v) is 9.43. The minimum atomic E-state index is -0.716. The number of anilines is 1. The lowest BCUT2D eigenvalue weighted by molar-refractivity contribution is 0.00586. The average Bonchev–Trinajstić information content (AvgIpc) is 3.32. The summed E-state index contributed by atoms with van der Waals surface area (Å²) in [4.78, 5) is 26.8. The molecule has 182 valence electrons. The van der Waals surface area contributed by atoms with Gasteiger partial charge in [-0.1, -0.05) is 0 Å². The van der Waals surface area contributed by atoms with Crippen LogP contribution in [0.25, 0.3) is 0 Å². The van der Waals surface area contributed by atoms with Crippen LogP contribution in [0.15, 0.2) is 42.6 Å². The van der Waals surface area contributed by atoms with Crippen molar-refractivity contribution in [2.45, 2.75) is 32.0 Å². The van der Waals surface area contributed by atoms with Gasteiger partial charge in [0.1, 0.15) is 17.1 Å². The normalized spacial score (nSPS) is 16.3. The molecule has 2 aromatic carbocycles. The first-order valence-corrected chi connectivity index (χ1v) is 11.2. The summed E-state index contributed by atoms with van der Waals surface area (Å²) in [6.07, 6.45) is 1.68. The lowest BCUT2D eigenvalue weighted by Crippen LogP contribution is -2.53. The number of nitrogens with one attached hydrogen (secondary N) is 1. The highest BCUT2D eigenvalue weighted by Gasteiger charge is 2.34. The van der Waals surface area contributed by atoms with Crippen molar-refractivity contribution in [1.82, 2.24) is 14.7 Å². The minimum absolute atomic E-state index is 0.0839. The Hall–Kier alpha value is -3.92. The summed E-state index contributed by atoms with van der Waals surface area (Å²) in [5.41, 5.74) is 0.636. The highest BCUT2D eigenvalue weighted by Crippen LogP contribution is 2.43. The lowest BCUT2D eigenvalue weighted by atomic mass is 9.99. The molecule has 3 aromatic rings. The van der Waals surface area contributed by atoms with Gasteiger partial charge in [0.15, 0.2) is 17.4 Å². The summed E-state index contributed by atoms with van der Waals surface area (Å²) in [7, 11) is 1.74. The number of nitrogens with zero attached hydrogens (tertiary/aromatic N) is 3. The van der Waals surface area contributed by atoms with Crippen LogP contribution in [-0.2, 0) is 13.5 Å². The number of aliphatic hydroxyl groups excluding tert-OH is 1. The largest absolute Gasteiger partial charge is 0.487 e. The van der Waals surface area contributed by atoms with E-state index >= 15 is 0 Å². The van der Waals surface area contributed by atoms with E-state index in [0.717, 1.165) is 11.6 Å². The molecule has 0 atom stereocenters. The fraction of sp³-hybridized carbons (Fsp3) is 0.320. The van der Waals surface area contributed by atoms with Crippen molar-refractivity contribution in [3.05, 3.63) is 65.1 Å². The van der Waals surface area contributed by atoms with Crippen molar-refractivity contribution in [2.24, 2.45) is 7.05 Å². The van der Waals surface area contributed by atoms with Gasteiger partial charge in [-0.25, -0.2) is 4.39 Å². The van der Waals surface area contributed by atoms with Crippen molar-refractivity contribution >= 4 is 17.6 Å². The van der Waals surface area contributed by atoms with Gasteiger partial charge in [0.05, 0.1) is 6.10 Å². The van der Waals surface area contributed by atoms with Crippen LogP contribution < -0.4 is 14.8 Å². The monoisotopic (exact) mass is 480 g/mol. The van der Waals surface area contributed by atoms with Crippen molar-refractivity contribution in [3.63, 3.8) is 0 Å². The van der Waals surface area contributed by atoms with E-state index in [-0.39, 0.29) is 35.9 Å². The number of fused-ring (bicyclic) bond motifs is 1. The number of halogens is 1. The van der Waals surface area contributed by atoms with Crippen molar-refractivity contribution < 1.29 is 28.6 Å². The fourth-order valence-corrected chi connectivity index (χ4v) is 4.18. The van der Waals surface area contributed by atoms with Gasteiger partial charge in [-0.15, -0.1) is 0 Å². The van der Waals surface area contributed by atoms with Gasteiger partial charge < -0.3 is 24.8 Å². The summed E-state index contributed by atoms with van der Waals surface area (Å²) in [5, 5.41) is 16.3. The molecule has 2 aliphatic heterocycles. The van der Waals surface area contributed by atoms with Crippen LogP contribution in [0.2, 0.25) is 0 Å². The minimum Gasteiger partial charge on any atom is -0.487 e. The Labute approximate surface area is 201 Å². The molecule has 10 heteroatoms. The molecular formula is C25H25FN4O5. The predicted molar refractivity (Wildman–Crippen MR) is 124 cm³/mol. The SMILES string of the molecule is Cn1ccc(NC(=O)c2cc(Oc3ccc(C(=O)N4CC(O)C4)cc3F)c3c(c2)OC(C)(C)C3)n1. The zero-order valence-electron chi connectivity index (χ0n) is 19.5. The molecule has 1 saturated heterocycles. The van der Waals surface area contributed by atoms with E-state index in [4.69, 9.17) is 9.47 Å². The summed E-state index contributed by atoms with van der Waals surface area (Å²) >= 11 is 0. The van der Waals surface area contributed by atoms with Crippen LogP contribution in [0.4, 0.5) is 10.2 Å². The molecule has 1 aromatic heterocycles. The molecule has 0 radical (unpaired) electrons. The van der Waals surface area contributed by atoms with Gasteiger partial charge in [-0.2, -0.15) is 5.10 Å². The topological polar surface area (TPSA) is 106 Å². The van der Waals surface area contributed by atoms with Crippen LogP contribution in [0.1, 0.15) is 40.1 Å². The Morgan fingerprint density at radius 3 is 2.60 bits per heavy atom. The number of likely N-dealkylation sites (tertiary alicyclic amines) is 1. The van der Waals surface area contributed by atoms with Crippen molar-refractivity contribution in [2.75, 3.05) is 18.4 Å². The second kappa shape index (κ2) is 8.38. The van der Waals surface area contributed by atoms with Crippen molar-refractivity contribution in [1.29, 1.82) is 0 Å². The molecule has 3 heterocycles. The summed E-state index contributed by atoms with van der Waals surface area (Å²) < 4.78 is 28.4.